The van der Waals surface area contributed by atoms with Crippen molar-refractivity contribution >= 4 is 11.1 Å². The average Bonchev–Trinajstić information content (AvgIpc) is 3.00. The van der Waals surface area contributed by atoms with E-state index >= 15 is 0 Å². The topological polar surface area (TPSA) is 29.3 Å². The lowest BCUT2D eigenvalue weighted by Gasteiger charge is -2.30. The van der Waals surface area contributed by atoms with Crippen molar-refractivity contribution in [1.82, 2.24) is 9.88 Å². The summed E-state index contributed by atoms with van der Waals surface area (Å²) in [6.07, 6.45) is 2.53. The summed E-state index contributed by atoms with van der Waals surface area (Å²) in [6, 6.07) is 12.6. The summed E-state index contributed by atoms with van der Waals surface area (Å²) in [5.41, 5.74) is 3.12. The minimum atomic E-state index is -0.313. The van der Waals surface area contributed by atoms with Crippen molar-refractivity contribution in [2.75, 3.05) is 13.1 Å². The van der Waals surface area contributed by atoms with E-state index in [9.17, 15) is 4.39 Å². The summed E-state index contributed by atoms with van der Waals surface area (Å²) < 4.78 is 19.6. The van der Waals surface area contributed by atoms with Crippen LogP contribution in [0.3, 0.4) is 0 Å². The van der Waals surface area contributed by atoms with E-state index in [1.54, 1.807) is 18.2 Å². The van der Waals surface area contributed by atoms with Crippen LogP contribution in [0.1, 0.15) is 25.3 Å². The van der Waals surface area contributed by atoms with Crippen molar-refractivity contribution in [2.45, 2.75) is 26.3 Å². The molecule has 1 aliphatic rings. The molecule has 0 aliphatic carbocycles. The zero-order valence-electron chi connectivity index (χ0n) is 13.8. The Labute approximate surface area is 141 Å². The van der Waals surface area contributed by atoms with E-state index in [0.717, 1.165) is 31.1 Å². The maximum absolute atomic E-state index is 13.9. The van der Waals surface area contributed by atoms with Crippen LogP contribution >= 0.6 is 0 Å². The summed E-state index contributed by atoms with van der Waals surface area (Å²) in [7, 11) is 0. The Hall–Kier alpha value is -2.20. The first-order chi connectivity index (χ1) is 11.7. The van der Waals surface area contributed by atoms with E-state index in [4.69, 9.17) is 4.42 Å². The van der Waals surface area contributed by atoms with Gasteiger partial charge in [0.2, 0.25) is 5.89 Å². The number of hydrogen-bond acceptors (Lipinski definition) is 3. The molecule has 124 valence electrons. The Morgan fingerprint density at radius 2 is 1.96 bits per heavy atom. The number of piperidine rings is 1. The van der Waals surface area contributed by atoms with Crippen molar-refractivity contribution in [3.05, 3.63) is 53.8 Å². The van der Waals surface area contributed by atoms with Gasteiger partial charge < -0.3 is 4.42 Å². The summed E-state index contributed by atoms with van der Waals surface area (Å²) in [4.78, 5) is 6.97. The summed E-state index contributed by atoms with van der Waals surface area (Å²) in [6.45, 7) is 5.56. The number of hydrogen-bond donors (Lipinski definition) is 0. The maximum atomic E-state index is 13.9. The predicted molar refractivity (Wildman–Crippen MR) is 93.1 cm³/mol. The monoisotopic (exact) mass is 324 g/mol. The Kier molecular flexibility index (Phi) is 4.07. The van der Waals surface area contributed by atoms with E-state index in [-0.39, 0.29) is 5.82 Å². The van der Waals surface area contributed by atoms with Gasteiger partial charge in [-0.1, -0.05) is 25.1 Å². The van der Waals surface area contributed by atoms with Gasteiger partial charge in [-0.15, -0.1) is 0 Å². The highest BCUT2D eigenvalue weighted by Gasteiger charge is 2.17. The van der Waals surface area contributed by atoms with Crippen LogP contribution in [-0.4, -0.2) is 23.0 Å². The van der Waals surface area contributed by atoms with Gasteiger partial charge in [0.15, 0.2) is 5.58 Å². The molecule has 1 aliphatic heterocycles. The standard InChI is InChI=1S/C20H21FN2O/c1-14-8-10-23(11-9-14)13-15-6-7-19-18(12-15)22-20(24-19)16-4-2-3-5-17(16)21/h2-7,12,14H,8-11,13H2,1H3. The van der Waals surface area contributed by atoms with E-state index in [1.165, 1.54) is 24.5 Å². The van der Waals surface area contributed by atoms with E-state index < -0.39 is 0 Å². The molecule has 1 saturated heterocycles. The van der Waals surface area contributed by atoms with Crippen LogP contribution in [0.25, 0.3) is 22.6 Å². The Balaban J connectivity index is 1.58. The maximum Gasteiger partial charge on any atom is 0.230 e. The Morgan fingerprint density at radius 1 is 1.17 bits per heavy atom. The second-order valence-electron chi connectivity index (χ2n) is 6.76. The van der Waals surface area contributed by atoms with Crippen molar-refractivity contribution in [2.24, 2.45) is 5.92 Å². The fraction of sp³-hybridized carbons (Fsp3) is 0.350. The third-order valence-electron chi connectivity index (χ3n) is 4.84. The van der Waals surface area contributed by atoms with Crippen LogP contribution in [0.2, 0.25) is 0 Å². The van der Waals surface area contributed by atoms with Gasteiger partial charge in [0.1, 0.15) is 11.3 Å². The molecule has 1 fully saturated rings. The van der Waals surface area contributed by atoms with Crippen molar-refractivity contribution in [1.29, 1.82) is 0 Å². The lowest BCUT2D eigenvalue weighted by atomic mass is 9.99. The van der Waals surface area contributed by atoms with Crippen molar-refractivity contribution < 1.29 is 8.81 Å². The first-order valence-corrected chi connectivity index (χ1v) is 8.56. The molecule has 2 heterocycles. The number of aromatic nitrogens is 1. The van der Waals surface area contributed by atoms with Crippen LogP contribution in [0.4, 0.5) is 4.39 Å². The first kappa shape index (κ1) is 15.3. The molecule has 4 heteroatoms. The van der Waals surface area contributed by atoms with Crippen LogP contribution in [-0.2, 0) is 6.54 Å². The molecule has 4 rings (SSSR count). The molecule has 24 heavy (non-hydrogen) atoms. The molecule has 3 aromatic rings. The number of fused-ring (bicyclic) bond motifs is 1. The molecule has 0 saturated carbocycles. The number of likely N-dealkylation sites (tertiary alicyclic amines) is 1. The number of benzene rings is 2. The second-order valence-corrected chi connectivity index (χ2v) is 6.76. The number of nitrogens with zero attached hydrogens (tertiary/aromatic N) is 2. The van der Waals surface area contributed by atoms with Gasteiger partial charge >= 0.3 is 0 Å². The third kappa shape index (κ3) is 3.06. The second kappa shape index (κ2) is 6.36. The van der Waals surface area contributed by atoms with Crippen LogP contribution in [0.5, 0.6) is 0 Å². The molecular weight excluding hydrogens is 303 g/mol. The lowest BCUT2D eigenvalue weighted by Crippen LogP contribution is -2.32. The van der Waals surface area contributed by atoms with Gasteiger partial charge in [-0.25, -0.2) is 9.37 Å². The zero-order valence-corrected chi connectivity index (χ0v) is 13.8. The number of oxazole rings is 1. The average molecular weight is 324 g/mol. The van der Waals surface area contributed by atoms with Crippen molar-refractivity contribution in [3.63, 3.8) is 0 Å². The molecule has 1 aromatic heterocycles. The largest absolute Gasteiger partial charge is 0.436 e. The predicted octanol–water partition coefficient (Wildman–Crippen LogP) is 4.87. The highest BCUT2D eigenvalue weighted by Crippen LogP contribution is 2.27. The van der Waals surface area contributed by atoms with Crippen molar-refractivity contribution in [3.8, 4) is 11.5 Å². The molecule has 0 atom stereocenters. The van der Waals surface area contributed by atoms with Gasteiger partial charge in [-0.2, -0.15) is 0 Å². The lowest BCUT2D eigenvalue weighted by molar-refractivity contribution is 0.185. The highest BCUT2D eigenvalue weighted by molar-refractivity contribution is 5.77. The molecular formula is C20H21FN2O. The van der Waals surface area contributed by atoms with Gasteiger partial charge in [-0.05, 0) is 61.7 Å². The minimum absolute atomic E-state index is 0.313. The molecule has 0 unspecified atom stereocenters. The smallest absolute Gasteiger partial charge is 0.230 e. The van der Waals surface area contributed by atoms with Gasteiger partial charge in [-0.3, -0.25) is 4.90 Å². The molecule has 0 bridgehead atoms. The van der Waals surface area contributed by atoms with E-state index in [2.05, 4.69) is 28.9 Å². The van der Waals surface area contributed by atoms with Crippen LogP contribution in [0.15, 0.2) is 46.9 Å². The molecule has 2 aromatic carbocycles. The molecule has 0 N–H and O–H groups in total. The summed E-state index contributed by atoms with van der Waals surface area (Å²) >= 11 is 0. The van der Waals surface area contributed by atoms with Gasteiger partial charge in [0.25, 0.3) is 0 Å². The first-order valence-electron chi connectivity index (χ1n) is 8.56. The SMILES string of the molecule is CC1CCN(Cc2ccc3oc(-c4ccccc4F)nc3c2)CC1. The quantitative estimate of drug-likeness (QED) is 0.688. The number of halogens is 1. The van der Waals surface area contributed by atoms with Gasteiger partial charge in [0, 0.05) is 6.54 Å². The minimum Gasteiger partial charge on any atom is -0.436 e. The Morgan fingerprint density at radius 3 is 2.75 bits per heavy atom. The summed E-state index contributed by atoms with van der Waals surface area (Å²) in [5.74, 6) is 0.862. The molecule has 0 radical (unpaired) electrons. The molecule has 0 amide bonds. The molecule has 3 nitrogen and oxygen atoms in total. The Bertz CT molecular complexity index is 850. The summed E-state index contributed by atoms with van der Waals surface area (Å²) in [5, 5.41) is 0. The van der Waals surface area contributed by atoms with Crippen LogP contribution < -0.4 is 0 Å². The van der Waals surface area contributed by atoms with E-state index in [1.807, 2.05) is 6.07 Å². The fourth-order valence-electron chi connectivity index (χ4n) is 3.30. The number of rotatable bonds is 3. The highest BCUT2D eigenvalue weighted by atomic mass is 19.1. The molecule has 0 spiro atoms. The van der Waals surface area contributed by atoms with Crippen LogP contribution in [0, 0.1) is 11.7 Å². The normalized spacial score (nSPS) is 16.8. The van der Waals surface area contributed by atoms with E-state index in [0.29, 0.717) is 17.0 Å². The fourth-order valence-corrected chi connectivity index (χ4v) is 3.30. The van der Waals surface area contributed by atoms with Gasteiger partial charge in [0.05, 0.1) is 5.56 Å². The zero-order chi connectivity index (χ0) is 16.5. The third-order valence-corrected chi connectivity index (χ3v) is 4.84.